The molecule has 0 saturated heterocycles. The predicted molar refractivity (Wildman–Crippen MR) is 77.1 cm³/mol. The lowest BCUT2D eigenvalue weighted by Crippen LogP contribution is -2.29. The number of amides is 1. The molecule has 136 valence electrons. The van der Waals surface area contributed by atoms with Crippen molar-refractivity contribution in [1.82, 2.24) is 5.32 Å². The van der Waals surface area contributed by atoms with Crippen molar-refractivity contribution in [3.63, 3.8) is 0 Å². The van der Waals surface area contributed by atoms with Crippen LogP contribution in [0.4, 0.5) is 0 Å². The molecule has 0 fully saturated rings. The Bertz CT molecular complexity index is 475. The van der Waals surface area contributed by atoms with Gasteiger partial charge < -0.3 is 29.1 Å². The molecule has 0 aromatic rings. The van der Waals surface area contributed by atoms with Crippen LogP contribution in [0.2, 0.25) is 0 Å². The summed E-state index contributed by atoms with van der Waals surface area (Å²) in [5.74, 6) is -4.38. The molecular weight excluding hydrogens is 326 g/mol. The molecule has 0 bridgehead atoms. The van der Waals surface area contributed by atoms with E-state index >= 15 is 0 Å². The van der Waals surface area contributed by atoms with Crippen LogP contribution >= 0.6 is 0 Å². The minimum atomic E-state index is -0.979. The second-order valence-corrected chi connectivity index (χ2v) is 4.68. The number of Topliss-reactive ketones (excluding diaryl/α,β-unsaturated/α-hetero) is 1. The highest BCUT2D eigenvalue weighted by Gasteiger charge is 2.25. The van der Waals surface area contributed by atoms with Gasteiger partial charge in [-0.1, -0.05) is 0 Å². The van der Waals surface area contributed by atoms with Crippen molar-refractivity contribution >= 4 is 29.6 Å². The van der Waals surface area contributed by atoms with Crippen molar-refractivity contribution in [2.24, 2.45) is 5.92 Å². The van der Waals surface area contributed by atoms with Crippen molar-refractivity contribution in [2.45, 2.75) is 26.2 Å². The van der Waals surface area contributed by atoms with Crippen LogP contribution in [-0.4, -0.2) is 57.3 Å². The third-order valence-electron chi connectivity index (χ3n) is 2.63. The summed E-state index contributed by atoms with van der Waals surface area (Å²) in [5.41, 5.74) is 0. The van der Waals surface area contributed by atoms with E-state index in [1.165, 1.54) is 21.1 Å². The topological polar surface area (TPSA) is 134 Å². The van der Waals surface area contributed by atoms with E-state index in [2.05, 4.69) is 19.5 Å². The number of methoxy groups -OCH3 is 1. The fourth-order valence-electron chi connectivity index (χ4n) is 1.53. The van der Waals surface area contributed by atoms with E-state index in [9.17, 15) is 24.0 Å². The van der Waals surface area contributed by atoms with Gasteiger partial charge in [0.1, 0.15) is 12.2 Å². The fraction of sp³-hybridized carbons (Fsp3) is 0.643. The first-order valence-electron chi connectivity index (χ1n) is 6.97. The summed E-state index contributed by atoms with van der Waals surface area (Å²) in [7, 11) is 2.70. The first-order chi connectivity index (χ1) is 11.3. The van der Waals surface area contributed by atoms with Crippen molar-refractivity contribution in [2.75, 3.05) is 27.7 Å². The number of esters is 3. The smallest absolute Gasteiger partial charge is 0.320 e. The van der Waals surface area contributed by atoms with Gasteiger partial charge in [-0.2, -0.15) is 0 Å². The monoisotopic (exact) mass is 347 g/mol. The van der Waals surface area contributed by atoms with Gasteiger partial charge in [0.15, 0.2) is 6.79 Å². The molecule has 0 rings (SSSR count). The summed E-state index contributed by atoms with van der Waals surface area (Å²) < 4.78 is 18.2. The van der Waals surface area contributed by atoms with Gasteiger partial charge in [-0.3, -0.25) is 19.2 Å². The Morgan fingerprint density at radius 1 is 0.917 bits per heavy atom. The van der Waals surface area contributed by atoms with Gasteiger partial charge >= 0.3 is 17.9 Å². The van der Waals surface area contributed by atoms with Gasteiger partial charge in [0.2, 0.25) is 12.7 Å². The van der Waals surface area contributed by atoms with E-state index in [-0.39, 0.29) is 25.4 Å². The number of hydrogen-bond donors (Lipinski definition) is 1. The molecule has 0 radical (unpaired) electrons. The Morgan fingerprint density at radius 2 is 1.50 bits per heavy atom. The van der Waals surface area contributed by atoms with Gasteiger partial charge in [-0.25, -0.2) is 0 Å². The van der Waals surface area contributed by atoms with E-state index in [4.69, 9.17) is 4.74 Å². The average molecular weight is 347 g/mol. The second kappa shape index (κ2) is 12.0. The zero-order valence-corrected chi connectivity index (χ0v) is 13.8. The van der Waals surface area contributed by atoms with Gasteiger partial charge in [-0.05, 0) is 6.92 Å². The maximum atomic E-state index is 11.8. The van der Waals surface area contributed by atoms with Crippen LogP contribution in [-0.2, 0) is 42.9 Å². The Kier molecular flexibility index (Phi) is 10.8. The van der Waals surface area contributed by atoms with Crippen LogP contribution in [0.3, 0.4) is 0 Å². The first kappa shape index (κ1) is 21.5. The van der Waals surface area contributed by atoms with Crippen LogP contribution in [0.15, 0.2) is 0 Å². The summed E-state index contributed by atoms with van der Waals surface area (Å²) in [5, 5.41) is 2.33. The molecule has 10 nitrogen and oxygen atoms in total. The third-order valence-corrected chi connectivity index (χ3v) is 2.63. The van der Waals surface area contributed by atoms with Gasteiger partial charge in [-0.15, -0.1) is 0 Å². The molecule has 0 aliphatic heterocycles. The Hall–Kier alpha value is -2.49. The van der Waals surface area contributed by atoms with Crippen LogP contribution in [0.1, 0.15) is 26.2 Å². The molecule has 0 spiro atoms. The second-order valence-electron chi connectivity index (χ2n) is 4.68. The van der Waals surface area contributed by atoms with E-state index in [1.54, 1.807) is 0 Å². The van der Waals surface area contributed by atoms with Crippen LogP contribution in [0.25, 0.3) is 0 Å². The Labute approximate surface area is 138 Å². The minimum absolute atomic E-state index is 0.177. The molecule has 0 aliphatic rings. The number of carbonyl (C=O) groups is 5. The molecule has 0 saturated carbocycles. The highest BCUT2D eigenvalue weighted by atomic mass is 16.7. The maximum Gasteiger partial charge on any atom is 0.320 e. The molecule has 0 heterocycles. The molecule has 1 amide bonds. The molecule has 1 atom stereocenters. The van der Waals surface area contributed by atoms with Gasteiger partial charge in [0.25, 0.3) is 0 Å². The summed E-state index contributed by atoms with van der Waals surface area (Å²) in [6.45, 7) is 0.237. The zero-order valence-electron chi connectivity index (χ0n) is 13.8. The Morgan fingerprint density at radius 3 is 2.00 bits per heavy atom. The Balaban J connectivity index is 4.27. The highest BCUT2D eigenvalue weighted by Crippen LogP contribution is 2.12. The number of ketones is 1. The largest absolute Gasteiger partial charge is 0.438 e. The third kappa shape index (κ3) is 10.3. The van der Waals surface area contributed by atoms with E-state index < -0.39 is 42.9 Å². The number of rotatable bonds is 11. The van der Waals surface area contributed by atoms with Crippen molar-refractivity contribution in [3.8, 4) is 0 Å². The summed E-state index contributed by atoms with van der Waals surface area (Å²) in [6.07, 6.45) is -1.08. The summed E-state index contributed by atoms with van der Waals surface area (Å²) in [6, 6.07) is 0. The number of carbonyl (C=O) groups excluding carboxylic acids is 5. The molecule has 1 N–H and O–H groups in total. The standard InChI is InChI=1S/C14H21NO9/c1-9(16)4-10(5-11(17)15-2)14(20)24-8-23-13(19)6-12(18)22-7-21-3/h10H,4-8H2,1-3H3,(H,15,17). The van der Waals surface area contributed by atoms with Crippen molar-refractivity contribution < 1.29 is 42.9 Å². The maximum absolute atomic E-state index is 11.8. The normalized spacial score (nSPS) is 11.1. The zero-order chi connectivity index (χ0) is 18.5. The number of ether oxygens (including phenoxy) is 4. The van der Waals surface area contributed by atoms with Crippen molar-refractivity contribution in [3.05, 3.63) is 0 Å². The number of nitrogens with one attached hydrogen (secondary N) is 1. The minimum Gasteiger partial charge on any atom is -0.438 e. The molecule has 0 aliphatic carbocycles. The SMILES string of the molecule is CNC(=O)CC(CC(C)=O)C(=O)OCOC(=O)CC(=O)OCOC. The quantitative estimate of drug-likeness (QED) is 0.292. The van der Waals surface area contributed by atoms with Crippen LogP contribution < -0.4 is 5.32 Å². The molecule has 1 unspecified atom stereocenters. The molecule has 24 heavy (non-hydrogen) atoms. The van der Waals surface area contributed by atoms with E-state index in [0.29, 0.717) is 0 Å². The van der Waals surface area contributed by atoms with Gasteiger partial charge in [0, 0.05) is 27.0 Å². The average Bonchev–Trinajstić information content (AvgIpc) is 2.51. The number of hydrogen-bond acceptors (Lipinski definition) is 9. The predicted octanol–water partition coefficient (Wildman–Crippen LogP) is -0.701. The lowest BCUT2D eigenvalue weighted by atomic mass is 9.99. The van der Waals surface area contributed by atoms with E-state index in [1.807, 2.05) is 0 Å². The van der Waals surface area contributed by atoms with E-state index in [0.717, 1.165) is 0 Å². The first-order valence-corrected chi connectivity index (χ1v) is 6.97. The molecular formula is C14H21NO9. The fourth-order valence-corrected chi connectivity index (χ4v) is 1.53. The van der Waals surface area contributed by atoms with Crippen LogP contribution in [0.5, 0.6) is 0 Å². The van der Waals surface area contributed by atoms with Gasteiger partial charge in [0.05, 0.1) is 5.92 Å². The van der Waals surface area contributed by atoms with Crippen LogP contribution in [0, 0.1) is 5.92 Å². The molecule has 0 aromatic carbocycles. The highest BCUT2D eigenvalue weighted by molar-refractivity contribution is 5.91. The molecule has 10 heteroatoms. The lowest BCUT2D eigenvalue weighted by molar-refractivity contribution is -0.174. The summed E-state index contributed by atoms with van der Waals surface area (Å²) in [4.78, 5) is 56.7. The summed E-state index contributed by atoms with van der Waals surface area (Å²) >= 11 is 0. The molecule has 0 aromatic heterocycles. The lowest BCUT2D eigenvalue weighted by Gasteiger charge is -2.14. The van der Waals surface area contributed by atoms with Crippen molar-refractivity contribution in [1.29, 1.82) is 0 Å².